The van der Waals surface area contributed by atoms with Crippen LogP contribution in [-0.2, 0) is 6.54 Å². The van der Waals surface area contributed by atoms with E-state index in [0.717, 1.165) is 30.8 Å². The summed E-state index contributed by atoms with van der Waals surface area (Å²) in [4.78, 5) is 12.1. The number of phenols is 1. The molecule has 3 N–H and O–H groups in total. The Morgan fingerprint density at radius 2 is 1.95 bits per heavy atom. The van der Waals surface area contributed by atoms with Crippen LogP contribution in [0.5, 0.6) is 5.75 Å². The molecule has 0 aromatic heterocycles. The van der Waals surface area contributed by atoms with Gasteiger partial charge in [0.2, 0.25) is 0 Å². The summed E-state index contributed by atoms with van der Waals surface area (Å²) in [6.45, 7) is 3.88. The lowest BCUT2D eigenvalue weighted by atomic mass is 10.1. The number of benzene rings is 2. The van der Waals surface area contributed by atoms with E-state index in [-0.39, 0.29) is 11.7 Å². The van der Waals surface area contributed by atoms with Crippen LogP contribution in [0.25, 0.3) is 0 Å². The van der Waals surface area contributed by atoms with E-state index in [1.165, 1.54) is 12.1 Å². The molecule has 2 rings (SSSR count). The lowest BCUT2D eigenvalue weighted by Gasteiger charge is -2.08. The second-order valence-corrected chi connectivity index (χ2v) is 4.88. The number of carbonyl (C=O) groups excluding carboxylic acids is 1. The van der Waals surface area contributed by atoms with E-state index >= 15 is 0 Å². The molecule has 21 heavy (non-hydrogen) atoms. The van der Waals surface area contributed by atoms with Gasteiger partial charge in [0.1, 0.15) is 5.75 Å². The van der Waals surface area contributed by atoms with Gasteiger partial charge in [-0.2, -0.15) is 0 Å². The minimum Gasteiger partial charge on any atom is -0.508 e. The molecular formula is C17H20N2O2. The summed E-state index contributed by atoms with van der Waals surface area (Å²) in [6.07, 6.45) is 1.09. The highest BCUT2D eigenvalue weighted by Gasteiger charge is 2.06. The molecule has 0 aliphatic carbocycles. The molecule has 0 spiro atoms. The average molecular weight is 284 g/mol. The van der Waals surface area contributed by atoms with Crippen molar-refractivity contribution in [2.24, 2.45) is 0 Å². The van der Waals surface area contributed by atoms with Crippen molar-refractivity contribution in [1.82, 2.24) is 5.32 Å². The Hall–Kier alpha value is -2.33. The van der Waals surface area contributed by atoms with Crippen LogP contribution in [-0.4, -0.2) is 17.6 Å². The van der Waals surface area contributed by atoms with Crippen molar-refractivity contribution in [1.29, 1.82) is 0 Å². The maximum absolute atomic E-state index is 12.1. The van der Waals surface area contributed by atoms with Crippen LogP contribution in [0.1, 0.15) is 29.3 Å². The highest BCUT2D eigenvalue weighted by molar-refractivity contribution is 6.04. The molecule has 0 fully saturated rings. The summed E-state index contributed by atoms with van der Waals surface area (Å²) in [5.74, 6) is -0.148. The molecule has 0 saturated carbocycles. The first-order chi connectivity index (χ1) is 10.2. The first-order valence-electron chi connectivity index (χ1n) is 7.09. The Kier molecular flexibility index (Phi) is 5.35. The van der Waals surface area contributed by atoms with Gasteiger partial charge in [0, 0.05) is 17.8 Å². The average Bonchev–Trinajstić information content (AvgIpc) is 2.48. The zero-order chi connectivity index (χ0) is 15.1. The first-order valence-corrected chi connectivity index (χ1v) is 7.09. The second-order valence-electron chi connectivity index (χ2n) is 4.88. The highest BCUT2D eigenvalue weighted by atomic mass is 16.3. The van der Waals surface area contributed by atoms with E-state index in [4.69, 9.17) is 0 Å². The first kappa shape index (κ1) is 15.1. The number of nitrogens with one attached hydrogen (secondary N) is 2. The predicted molar refractivity (Wildman–Crippen MR) is 84.5 cm³/mol. The standard InChI is InChI=1S/C17H20N2O2/c1-2-9-18-12-13-5-3-7-15(10-13)19-17(21)14-6-4-8-16(20)11-14/h3-8,10-11,18,20H,2,9,12H2,1H3,(H,19,21). The molecule has 0 bridgehead atoms. The van der Waals surface area contributed by atoms with E-state index in [1.54, 1.807) is 12.1 Å². The van der Waals surface area contributed by atoms with Crippen LogP contribution in [0, 0.1) is 0 Å². The molecule has 0 unspecified atom stereocenters. The minimum absolute atomic E-state index is 0.0835. The van der Waals surface area contributed by atoms with Crippen LogP contribution >= 0.6 is 0 Å². The summed E-state index contributed by atoms with van der Waals surface area (Å²) in [6, 6.07) is 14.0. The fourth-order valence-corrected chi connectivity index (χ4v) is 2.02. The second kappa shape index (κ2) is 7.45. The molecular weight excluding hydrogens is 264 g/mol. The van der Waals surface area contributed by atoms with Crippen molar-refractivity contribution in [3.63, 3.8) is 0 Å². The summed E-state index contributed by atoms with van der Waals surface area (Å²) in [5, 5.41) is 15.6. The topological polar surface area (TPSA) is 61.4 Å². The highest BCUT2D eigenvalue weighted by Crippen LogP contribution is 2.15. The van der Waals surface area contributed by atoms with Crippen molar-refractivity contribution >= 4 is 11.6 Å². The molecule has 0 atom stereocenters. The number of hydrogen-bond donors (Lipinski definition) is 3. The molecule has 0 saturated heterocycles. The molecule has 2 aromatic carbocycles. The Labute approximate surface area is 124 Å². The van der Waals surface area contributed by atoms with Gasteiger partial charge in [-0.05, 0) is 48.9 Å². The third kappa shape index (κ3) is 4.61. The number of carbonyl (C=O) groups is 1. The van der Waals surface area contributed by atoms with Gasteiger partial charge in [0.25, 0.3) is 5.91 Å². The summed E-state index contributed by atoms with van der Waals surface area (Å²) < 4.78 is 0. The largest absolute Gasteiger partial charge is 0.508 e. The quantitative estimate of drug-likeness (QED) is 0.714. The van der Waals surface area contributed by atoms with E-state index in [1.807, 2.05) is 24.3 Å². The Bertz CT molecular complexity index is 611. The lowest BCUT2D eigenvalue weighted by Crippen LogP contribution is -2.15. The van der Waals surface area contributed by atoms with Gasteiger partial charge in [-0.25, -0.2) is 0 Å². The molecule has 110 valence electrons. The maximum Gasteiger partial charge on any atom is 0.255 e. The molecule has 4 heteroatoms. The van der Waals surface area contributed by atoms with E-state index in [2.05, 4.69) is 17.6 Å². The number of hydrogen-bond acceptors (Lipinski definition) is 3. The summed E-state index contributed by atoms with van der Waals surface area (Å²) in [7, 11) is 0. The van der Waals surface area contributed by atoms with Crippen molar-refractivity contribution < 1.29 is 9.90 Å². The van der Waals surface area contributed by atoms with Gasteiger partial charge in [-0.1, -0.05) is 25.1 Å². The van der Waals surface area contributed by atoms with Gasteiger partial charge in [0.05, 0.1) is 0 Å². The lowest BCUT2D eigenvalue weighted by molar-refractivity contribution is 0.102. The fourth-order valence-electron chi connectivity index (χ4n) is 2.02. The van der Waals surface area contributed by atoms with Crippen LogP contribution in [0.2, 0.25) is 0 Å². The number of phenolic OH excluding ortho intramolecular Hbond substituents is 1. The maximum atomic E-state index is 12.1. The third-order valence-corrected chi connectivity index (χ3v) is 3.05. The van der Waals surface area contributed by atoms with Crippen molar-refractivity contribution in [2.45, 2.75) is 19.9 Å². The number of anilines is 1. The zero-order valence-electron chi connectivity index (χ0n) is 12.1. The molecule has 2 aromatic rings. The van der Waals surface area contributed by atoms with Gasteiger partial charge in [-0.3, -0.25) is 4.79 Å². The zero-order valence-corrected chi connectivity index (χ0v) is 12.1. The Balaban J connectivity index is 2.02. The van der Waals surface area contributed by atoms with E-state index in [0.29, 0.717) is 5.56 Å². The predicted octanol–water partition coefficient (Wildman–Crippen LogP) is 3.14. The Morgan fingerprint density at radius 1 is 1.14 bits per heavy atom. The van der Waals surface area contributed by atoms with Gasteiger partial charge in [-0.15, -0.1) is 0 Å². The Morgan fingerprint density at radius 3 is 2.71 bits per heavy atom. The van der Waals surface area contributed by atoms with Crippen LogP contribution in [0.4, 0.5) is 5.69 Å². The number of aromatic hydroxyl groups is 1. The number of rotatable bonds is 6. The molecule has 0 radical (unpaired) electrons. The van der Waals surface area contributed by atoms with Gasteiger partial charge >= 0.3 is 0 Å². The monoisotopic (exact) mass is 284 g/mol. The van der Waals surface area contributed by atoms with Crippen LogP contribution in [0.3, 0.4) is 0 Å². The molecule has 0 aliphatic rings. The minimum atomic E-state index is -0.232. The van der Waals surface area contributed by atoms with Gasteiger partial charge < -0.3 is 15.7 Å². The third-order valence-electron chi connectivity index (χ3n) is 3.05. The van der Waals surface area contributed by atoms with E-state index in [9.17, 15) is 9.90 Å². The SMILES string of the molecule is CCCNCc1cccc(NC(=O)c2cccc(O)c2)c1. The number of amides is 1. The normalized spacial score (nSPS) is 10.3. The smallest absolute Gasteiger partial charge is 0.255 e. The van der Waals surface area contributed by atoms with Crippen molar-refractivity contribution in [3.8, 4) is 5.75 Å². The van der Waals surface area contributed by atoms with Crippen LogP contribution in [0.15, 0.2) is 48.5 Å². The molecule has 0 aliphatic heterocycles. The van der Waals surface area contributed by atoms with Crippen molar-refractivity contribution in [3.05, 3.63) is 59.7 Å². The van der Waals surface area contributed by atoms with E-state index < -0.39 is 0 Å². The summed E-state index contributed by atoms with van der Waals surface area (Å²) in [5.41, 5.74) is 2.31. The van der Waals surface area contributed by atoms with Crippen molar-refractivity contribution in [2.75, 3.05) is 11.9 Å². The summed E-state index contributed by atoms with van der Waals surface area (Å²) >= 11 is 0. The molecule has 4 nitrogen and oxygen atoms in total. The fraction of sp³-hybridized carbons (Fsp3) is 0.235. The van der Waals surface area contributed by atoms with Crippen LogP contribution < -0.4 is 10.6 Å². The van der Waals surface area contributed by atoms with Gasteiger partial charge in [0.15, 0.2) is 0 Å². The molecule has 0 heterocycles. The molecule has 1 amide bonds.